The van der Waals surface area contributed by atoms with Gasteiger partial charge in [-0.2, -0.15) is 5.26 Å². The highest BCUT2D eigenvalue weighted by Gasteiger charge is 2.36. The van der Waals surface area contributed by atoms with Gasteiger partial charge >= 0.3 is 0 Å². The third-order valence-corrected chi connectivity index (χ3v) is 4.96. The van der Waals surface area contributed by atoms with Crippen molar-refractivity contribution in [1.29, 1.82) is 5.26 Å². The van der Waals surface area contributed by atoms with Crippen molar-refractivity contribution >= 4 is 11.6 Å². The molecule has 3 heteroatoms. The summed E-state index contributed by atoms with van der Waals surface area (Å²) in [5.41, 5.74) is 1.26. The van der Waals surface area contributed by atoms with Crippen LogP contribution in [0, 0.1) is 28.6 Å². The molecule has 114 valence electrons. The Morgan fingerprint density at radius 1 is 1.29 bits per heavy atom. The number of nitrogens with zero attached hydrogens (tertiary/aromatic N) is 1. The molecule has 1 aliphatic rings. The standard InChI is InChI=1S/C18H24ClNO/c1-18(2,3)15-9-8-13(11-20)17(10-15)21-12-14-6-4-5-7-16(14)19/h4-7,13,15,17H,8-10,12H2,1-3H3. The molecule has 0 amide bonds. The first-order valence-corrected chi connectivity index (χ1v) is 8.04. The van der Waals surface area contributed by atoms with Crippen molar-refractivity contribution in [3.8, 4) is 6.07 Å². The summed E-state index contributed by atoms with van der Waals surface area (Å²) in [5, 5.41) is 10.1. The molecule has 0 N–H and O–H groups in total. The minimum Gasteiger partial charge on any atom is -0.372 e. The average molecular weight is 306 g/mol. The predicted octanol–water partition coefficient (Wildman–Crippen LogP) is 5.21. The van der Waals surface area contributed by atoms with Crippen molar-refractivity contribution in [2.45, 2.75) is 52.7 Å². The van der Waals surface area contributed by atoms with Gasteiger partial charge in [0.25, 0.3) is 0 Å². The zero-order valence-electron chi connectivity index (χ0n) is 13.1. The number of halogens is 1. The van der Waals surface area contributed by atoms with E-state index in [4.69, 9.17) is 16.3 Å². The molecule has 3 unspecified atom stereocenters. The van der Waals surface area contributed by atoms with Crippen molar-refractivity contribution < 1.29 is 4.74 Å². The lowest BCUT2D eigenvalue weighted by Crippen LogP contribution is -2.36. The summed E-state index contributed by atoms with van der Waals surface area (Å²) in [6.07, 6.45) is 3.04. The van der Waals surface area contributed by atoms with Crippen molar-refractivity contribution in [2.24, 2.45) is 17.3 Å². The van der Waals surface area contributed by atoms with Crippen LogP contribution < -0.4 is 0 Å². The molecule has 0 heterocycles. The number of nitriles is 1. The van der Waals surface area contributed by atoms with E-state index in [-0.39, 0.29) is 17.4 Å². The van der Waals surface area contributed by atoms with Crippen LogP contribution in [0.5, 0.6) is 0 Å². The Balaban J connectivity index is 2.02. The fourth-order valence-corrected chi connectivity index (χ4v) is 3.25. The highest BCUT2D eigenvalue weighted by atomic mass is 35.5. The van der Waals surface area contributed by atoms with Crippen LogP contribution in [0.4, 0.5) is 0 Å². The smallest absolute Gasteiger partial charge is 0.0740 e. The van der Waals surface area contributed by atoms with Crippen LogP contribution in [0.25, 0.3) is 0 Å². The molecule has 1 fully saturated rings. The van der Waals surface area contributed by atoms with E-state index >= 15 is 0 Å². The lowest BCUT2D eigenvalue weighted by molar-refractivity contribution is -0.0365. The number of ether oxygens (including phenoxy) is 1. The van der Waals surface area contributed by atoms with E-state index in [9.17, 15) is 5.26 Å². The molecule has 0 spiro atoms. The van der Waals surface area contributed by atoms with Crippen LogP contribution in [0.15, 0.2) is 24.3 Å². The Bertz CT molecular complexity index is 515. The normalized spacial score (nSPS) is 26.3. The van der Waals surface area contributed by atoms with Crippen LogP contribution in [-0.4, -0.2) is 6.10 Å². The number of rotatable bonds is 3. The maximum Gasteiger partial charge on any atom is 0.0740 e. The van der Waals surface area contributed by atoms with Gasteiger partial charge < -0.3 is 4.74 Å². The second kappa shape index (κ2) is 6.81. The van der Waals surface area contributed by atoms with Gasteiger partial charge in [0.05, 0.1) is 24.7 Å². The lowest BCUT2D eigenvalue weighted by Gasteiger charge is -2.39. The van der Waals surface area contributed by atoms with Gasteiger partial charge in [-0.05, 0) is 42.2 Å². The minimum absolute atomic E-state index is 0.00564. The summed E-state index contributed by atoms with van der Waals surface area (Å²) in [7, 11) is 0. The van der Waals surface area contributed by atoms with Crippen LogP contribution in [0.1, 0.15) is 45.6 Å². The SMILES string of the molecule is CC(C)(C)C1CCC(C#N)C(OCc2ccccc2Cl)C1. The molecule has 1 aromatic carbocycles. The Kier molecular flexibility index (Phi) is 5.30. The lowest BCUT2D eigenvalue weighted by atomic mass is 9.69. The summed E-state index contributed by atoms with van der Waals surface area (Å²) < 4.78 is 6.07. The summed E-state index contributed by atoms with van der Waals surface area (Å²) in [6.45, 7) is 7.31. The molecular formula is C18H24ClNO. The van der Waals surface area contributed by atoms with Crippen molar-refractivity contribution in [3.63, 3.8) is 0 Å². The average Bonchev–Trinajstić information content (AvgIpc) is 2.45. The molecular weight excluding hydrogens is 282 g/mol. The van der Waals surface area contributed by atoms with Gasteiger partial charge in [-0.1, -0.05) is 50.6 Å². The van der Waals surface area contributed by atoms with Crippen LogP contribution in [0.3, 0.4) is 0 Å². The van der Waals surface area contributed by atoms with E-state index in [2.05, 4.69) is 26.8 Å². The van der Waals surface area contributed by atoms with Gasteiger partial charge in [-0.15, -0.1) is 0 Å². The van der Waals surface area contributed by atoms with Crippen LogP contribution in [0.2, 0.25) is 5.02 Å². The number of benzene rings is 1. The van der Waals surface area contributed by atoms with E-state index in [1.807, 2.05) is 24.3 Å². The fourth-order valence-electron chi connectivity index (χ4n) is 3.06. The molecule has 1 aromatic rings. The third kappa shape index (κ3) is 4.22. The Morgan fingerprint density at radius 2 is 2.00 bits per heavy atom. The van der Waals surface area contributed by atoms with Crippen molar-refractivity contribution in [2.75, 3.05) is 0 Å². The maximum atomic E-state index is 9.35. The minimum atomic E-state index is 0.00564. The highest BCUT2D eigenvalue weighted by molar-refractivity contribution is 6.31. The van der Waals surface area contributed by atoms with Gasteiger partial charge in [0.1, 0.15) is 0 Å². The summed E-state index contributed by atoms with van der Waals surface area (Å²) in [4.78, 5) is 0. The second-order valence-electron chi connectivity index (χ2n) is 7.05. The predicted molar refractivity (Wildman–Crippen MR) is 85.9 cm³/mol. The molecule has 0 aliphatic heterocycles. The monoisotopic (exact) mass is 305 g/mol. The van der Waals surface area contributed by atoms with Gasteiger partial charge in [-0.25, -0.2) is 0 Å². The topological polar surface area (TPSA) is 33.0 Å². The van der Waals surface area contributed by atoms with Crippen LogP contribution in [-0.2, 0) is 11.3 Å². The second-order valence-corrected chi connectivity index (χ2v) is 7.46. The Labute approximate surface area is 133 Å². The molecule has 1 saturated carbocycles. The van der Waals surface area contributed by atoms with Gasteiger partial charge in [0.2, 0.25) is 0 Å². The number of hydrogen-bond donors (Lipinski definition) is 0. The van der Waals surface area contributed by atoms with Crippen molar-refractivity contribution in [3.05, 3.63) is 34.9 Å². The van der Waals surface area contributed by atoms with Gasteiger partial charge in [-0.3, -0.25) is 0 Å². The summed E-state index contributed by atoms with van der Waals surface area (Å²) in [5.74, 6) is 0.615. The third-order valence-electron chi connectivity index (χ3n) is 4.59. The number of hydrogen-bond acceptors (Lipinski definition) is 2. The van der Waals surface area contributed by atoms with E-state index in [0.29, 0.717) is 12.5 Å². The van der Waals surface area contributed by atoms with E-state index in [1.54, 1.807) is 0 Å². The summed E-state index contributed by atoms with van der Waals surface area (Å²) >= 11 is 6.17. The van der Waals surface area contributed by atoms with Gasteiger partial charge in [0.15, 0.2) is 0 Å². The molecule has 2 rings (SSSR count). The first-order chi connectivity index (χ1) is 9.91. The molecule has 2 nitrogen and oxygen atoms in total. The molecule has 1 aliphatic carbocycles. The first-order valence-electron chi connectivity index (χ1n) is 7.66. The summed E-state index contributed by atoms with van der Waals surface area (Å²) in [6, 6.07) is 10.2. The molecule has 21 heavy (non-hydrogen) atoms. The highest BCUT2D eigenvalue weighted by Crippen LogP contribution is 2.41. The molecule has 0 bridgehead atoms. The molecule has 0 saturated heterocycles. The molecule has 0 radical (unpaired) electrons. The first kappa shape index (κ1) is 16.3. The Morgan fingerprint density at radius 3 is 2.62 bits per heavy atom. The van der Waals surface area contributed by atoms with E-state index in [1.165, 1.54) is 0 Å². The quantitative estimate of drug-likeness (QED) is 0.768. The van der Waals surface area contributed by atoms with E-state index in [0.717, 1.165) is 29.8 Å². The zero-order chi connectivity index (χ0) is 15.5. The largest absolute Gasteiger partial charge is 0.372 e. The van der Waals surface area contributed by atoms with Gasteiger partial charge in [0, 0.05) is 5.02 Å². The van der Waals surface area contributed by atoms with Crippen LogP contribution >= 0.6 is 11.6 Å². The van der Waals surface area contributed by atoms with Crippen molar-refractivity contribution in [1.82, 2.24) is 0 Å². The fraction of sp³-hybridized carbons (Fsp3) is 0.611. The zero-order valence-corrected chi connectivity index (χ0v) is 13.9. The molecule has 3 atom stereocenters. The van der Waals surface area contributed by atoms with E-state index < -0.39 is 0 Å². The maximum absolute atomic E-state index is 9.35. The molecule has 0 aromatic heterocycles. The Hall–Kier alpha value is -1.04.